The van der Waals surface area contributed by atoms with Crippen LogP contribution in [0.3, 0.4) is 0 Å². The molecule has 1 aromatic heterocycles. The highest BCUT2D eigenvalue weighted by Crippen LogP contribution is 2.29. The van der Waals surface area contributed by atoms with Gasteiger partial charge >= 0.3 is 0 Å². The van der Waals surface area contributed by atoms with Gasteiger partial charge in [0.15, 0.2) is 5.16 Å². The molecule has 0 spiro atoms. The first-order valence-electron chi connectivity index (χ1n) is 9.93. The van der Waals surface area contributed by atoms with Gasteiger partial charge in [-0.3, -0.25) is 9.59 Å². The van der Waals surface area contributed by atoms with Gasteiger partial charge in [0, 0.05) is 12.7 Å². The van der Waals surface area contributed by atoms with E-state index in [1.807, 2.05) is 25.1 Å². The van der Waals surface area contributed by atoms with E-state index in [2.05, 4.69) is 27.8 Å². The highest BCUT2D eigenvalue weighted by Gasteiger charge is 2.16. The van der Waals surface area contributed by atoms with Crippen molar-refractivity contribution in [2.24, 2.45) is 7.05 Å². The zero-order chi connectivity index (χ0) is 23.3. The number of rotatable bonds is 8. The molecule has 0 saturated heterocycles. The molecule has 0 unspecified atom stereocenters. The van der Waals surface area contributed by atoms with Gasteiger partial charge in [0.25, 0.3) is 0 Å². The van der Waals surface area contributed by atoms with E-state index in [0.717, 1.165) is 23.2 Å². The molecular weight excluding hydrogens is 469 g/mol. The predicted molar refractivity (Wildman–Crippen MR) is 130 cm³/mol. The number of hydrogen-bond acceptors (Lipinski definition) is 5. The van der Waals surface area contributed by atoms with Crippen molar-refractivity contribution in [3.63, 3.8) is 0 Å². The lowest BCUT2D eigenvalue weighted by Crippen LogP contribution is -2.18. The molecule has 2 N–H and O–H groups in total. The van der Waals surface area contributed by atoms with Gasteiger partial charge in [0.2, 0.25) is 11.8 Å². The van der Waals surface area contributed by atoms with Gasteiger partial charge in [-0.1, -0.05) is 66.2 Å². The number of benzene rings is 2. The molecule has 7 nitrogen and oxygen atoms in total. The van der Waals surface area contributed by atoms with E-state index in [4.69, 9.17) is 23.2 Å². The van der Waals surface area contributed by atoms with E-state index in [1.165, 1.54) is 11.8 Å². The third kappa shape index (κ3) is 5.82. The lowest BCUT2D eigenvalue weighted by Gasteiger charge is -2.12. The molecule has 0 bridgehead atoms. The van der Waals surface area contributed by atoms with Gasteiger partial charge in [-0.15, -0.1) is 10.2 Å². The van der Waals surface area contributed by atoms with Gasteiger partial charge in [0.05, 0.1) is 27.9 Å². The Morgan fingerprint density at radius 1 is 1.06 bits per heavy atom. The summed E-state index contributed by atoms with van der Waals surface area (Å²) >= 11 is 13.3. The van der Waals surface area contributed by atoms with Crippen LogP contribution in [-0.4, -0.2) is 32.3 Å². The third-order valence-electron chi connectivity index (χ3n) is 4.81. The number of para-hydroxylation sites is 1. The number of carbonyl (C=O) groups excluding carboxylic acids is 2. The van der Waals surface area contributed by atoms with Crippen molar-refractivity contribution in [2.75, 3.05) is 16.4 Å². The highest BCUT2D eigenvalue weighted by atomic mass is 35.5. The van der Waals surface area contributed by atoms with Crippen LogP contribution in [0.4, 0.5) is 11.4 Å². The molecule has 32 heavy (non-hydrogen) atoms. The largest absolute Gasteiger partial charge is 0.325 e. The summed E-state index contributed by atoms with van der Waals surface area (Å²) in [7, 11) is 1.76. The molecule has 2 amide bonds. The maximum atomic E-state index is 12.5. The number of nitrogens with zero attached hydrogens (tertiary/aromatic N) is 3. The number of nitrogens with one attached hydrogen (secondary N) is 2. The quantitative estimate of drug-likeness (QED) is 0.437. The van der Waals surface area contributed by atoms with Crippen molar-refractivity contribution in [2.45, 2.75) is 31.8 Å². The number of hydrogen-bond donors (Lipinski definition) is 2. The first-order valence-corrected chi connectivity index (χ1v) is 11.7. The maximum Gasteiger partial charge on any atom is 0.234 e. The first-order chi connectivity index (χ1) is 15.3. The molecule has 1 heterocycles. The number of halogens is 2. The van der Waals surface area contributed by atoms with E-state index in [0.29, 0.717) is 21.7 Å². The van der Waals surface area contributed by atoms with Crippen molar-refractivity contribution in [1.82, 2.24) is 14.8 Å². The maximum absolute atomic E-state index is 12.5. The van der Waals surface area contributed by atoms with Crippen molar-refractivity contribution >= 4 is 58.2 Å². The fourth-order valence-corrected chi connectivity index (χ4v) is 4.15. The van der Waals surface area contributed by atoms with Crippen LogP contribution in [0.25, 0.3) is 0 Å². The monoisotopic (exact) mass is 491 g/mol. The fourth-order valence-electron chi connectivity index (χ4n) is 3.07. The minimum atomic E-state index is -0.300. The Labute approximate surface area is 200 Å². The minimum Gasteiger partial charge on any atom is -0.325 e. The second kappa shape index (κ2) is 10.8. The zero-order valence-electron chi connectivity index (χ0n) is 17.9. The second-order valence-corrected chi connectivity index (χ2v) is 8.81. The summed E-state index contributed by atoms with van der Waals surface area (Å²) in [6.45, 7) is 4.02. The zero-order valence-corrected chi connectivity index (χ0v) is 20.2. The molecule has 0 atom stereocenters. The van der Waals surface area contributed by atoms with Crippen molar-refractivity contribution in [1.29, 1.82) is 0 Å². The molecule has 10 heteroatoms. The molecular formula is C22H23Cl2N5O2S. The molecule has 168 valence electrons. The molecule has 2 aromatic carbocycles. The SMILES string of the molecule is CCc1cccc(C)c1NC(=O)CSc1nnc(CC(=O)Nc2cccc(Cl)c2Cl)n1C. The second-order valence-electron chi connectivity index (χ2n) is 7.08. The molecule has 0 radical (unpaired) electrons. The average molecular weight is 492 g/mol. The van der Waals surface area contributed by atoms with Gasteiger partial charge in [-0.2, -0.15) is 0 Å². The van der Waals surface area contributed by atoms with Gasteiger partial charge in [-0.25, -0.2) is 0 Å². The number of aromatic nitrogens is 3. The third-order valence-corrected chi connectivity index (χ3v) is 6.65. The minimum absolute atomic E-state index is 0.00215. The van der Waals surface area contributed by atoms with E-state index in [-0.39, 0.29) is 29.0 Å². The Morgan fingerprint density at radius 2 is 1.81 bits per heavy atom. The topological polar surface area (TPSA) is 88.9 Å². The normalized spacial score (nSPS) is 10.8. The number of aryl methyl sites for hydroxylation is 2. The lowest BCUT2D eigenvalue weighted by atomic mass is 10.1. The molecule has 0 aliphatic carbocycles. The van der Waals surface area contributed by atoms with Crippen LogP contribution >= 0.6 is 35.0 Å². The number of anilines is 2. The van der Waals surface area contributed by atoms with E-state index in [9.17, 15) is 9.59 Å². The summed E-state index contributed by atoms with van der Waals surface area (Å²) in [6.07, 6.45) is 0.835. The van der Waals surface area contributed by atoms with Crippen molar-refractivity contribution in [3.8, 4) is 0 Å². The van der Waals surface area contributed by atoms with E-state index < -0.39 is 0 Å². The summed E-state index contributed by atoms with van der Waals surface area (Å²) in [6, 6.07) is 11.0. The van der Waals surface area contributed by atoms with Gasteiger partial charge < -0.3 is 15.2 Å². The summed E-state index contributed by atoms with van der Waals surface area (Å²) in [5.41, 5.74) is 3.40. The summed E-state index contributed by atoms with van der Waals surface area (Å²) in [5, 5.41) is 15.1. The Balaban J connectivity index is 1.58. The average Bonchev–Trinajstić information content (AvgIpc) is 3.10. The standard InChI is InChI=1S/C22H23Cl2N5O2S/c1-4-14-8-5-7-13(2)21(14)26-19(31)12-32-22-28-27-17(29(22)3)11-18(30)25-16-10-6-9-15(23)20(16)24/h5-10H,4,11-12H2,1-3H3,(H,25,30)(H,26,31). The van der Waals surface area contributed by atoms with Crippen molar-refractivity contribution < 1.29 is 9.59 Å². The van der Waals surface area contributed by atoms with Gasteiger partial charge in [0.1, 0.15) is 5.82 Å². The molecule has 0 saturated carbocycles. The van der Waals surface area contributed by atoms with Crippen LogP contribution in [0.5, 0.6) is 0 Å². The van der Waals surface area contributed by atoms with Crippen LogP contribution in [-0.2, 0) is 29.5 Å². The number of carbonyl (C=O) groups is 2. The summed E-state index contributed by atoms with van der Waals surface area (Å²) in [4.78, 5) is 24.9. The smallest absolute Gasteiger partial charge is 0.234 e. The Morgan fingerprint density at radius 3 is 2.56 bits per heavy atom. The van der Waals surface area contributed by atoms with Crippen LogP contribution < -0.4 is 10.6 Å². The Kier molecular flexibility index (Phi) is 8.17. The Hall–Kier alpha value is -2.55. The van der Waals surface area contributed by atoms with Crippen molar-refractivity contribution in [3.05, 3.63) is 63.4 Å². The van der Waals surface area contributed by atoms with E-state index >= 15 is 0 Å². The predicted octanol–water partition coefficient (Wildman–Crippen LogP) is 4.90. The van der Waals surface area contributed by atoms with Gasteiger partial charge in [-0.05, 0) is 36.6 Å². The Bertz CT molecular complexity index is 1150. The highest BCUT2D eigenvalue weighted by molar-refractivity contribution is 7.99. The van der Waals surface area contributed by atoms with Crippen LogP contribution in [0.15, 0.2) is 41.6 Å². The lowest BCUT2D eigenvalue weighted by molar-refractivity contribution is -0.116. The van der Waals surface area contributed by atoms with E-state index in [1.54, 1.807) is 29.8 Å². The molecule has 0 fully saturated rings. The molecule has 0 aliphatic rings. The first kappa shape index (κ1) is 24.1. The summed E-state index contributed by atoms with van der Waals surface area (Å²) in [5.74, 6) is 0.214. The summed E-state index contributed by atoms with van der Waals surface area (Å²) < 4.78 is 1.70. The van der Waals surface area contributed by atoms with Crippen LogP contribution in [0.1, 0.15) is 23.9 Å². The number of thioether (sulfide) groups is 1. The molecule has 3 rings (SSSR count). The number of amides is 2. The molecule has 0 aliphatic heterocycles. The fraction of sp³-hybridized carbons (Fsp3) is 0.273. The van der Waals surface area contributed by atoms with Crippen LogP contribution in [0, 0.1) is 6.92 Å². The molecule has 3 aromatic rings. The van der Waals surface area contributed by atoms with Crippen LogP contribution in [0.2, 0.25) is 10.0 Å².